The Morgan fingerprint density at radius 2 is 2.17 bits per heavy atom. The molecule has 2 aromatic rings. The topological polar surface area (TPSA) is 46.4 Å². The monoisotopic (exact) mass is 309 g/mol. The molecule has 0 fully saturated rings. The Hall–Kier alpha value is -1.36. The Bertz CT molecular complexity index is 583. The van der Waals surface area contributed by atoms with E-state index < -0.39 is 0 Å². The maximum absolute atomic E-state index is 11.8. The van der Waals surface area contributed by atoms with Crippen molar-refractivity contribution in [3.8, 4) is 0 Å². The zero-order valence-electron chi connectivity index (χ0n) is 10.7. The van der Waals surface area contributed by atoms with E-state index in [2.05, 4.69) is 26.2 Å². The standard InChI is InChI=1S/C13H16BrN3O/c1-13(2,3)6-12(18)16-9-4-5-11-15-7-10(14)17(11)8-9/h4-5,7-8H,6H2,1-3H3,(H,16,18). The normalized spacial score (nSPS) is 11.8. The van der Waals surface area contributed by atoms with E-state index in [-0.39, 0.29) is 11.3 Å². The first kappa shape index (κ1) is 13.1. The molecular formula is C13H16BrN3O. The van der Waals surface area contributed by atoms with Crippen molar-refractivity contribution < 1.29 is 4.79 Å². The molecular weight excluding hydrogens is 294 g/mol. The van der Waals surface area contributed by atoms with Crippen LogP contribution in [0.1, 0.15) is 27.2 Å². The van der Waals surface area contributed by atoms with Crippen LogP contribution >= 0.6 is 15.9 Å². The van der Waals surface area contributed by atoms with Crippen molar-refractivity contribution in [1.29, 1.82) is 0 Å². The van der Waals surface area contributed by atoms with Crippen molar-refractivity contribution in [3.05, 3.63) is 29.1 Å². The van der Waals surface area contributed by atoms with Gasteiger partial charge >= 0.3 is 0 Å². The van der Waals surface area contributed by atoms with Gasteiger partial charge in [-0.25, -0.2) is 4.98 Å². The summed E-state index contributed by atoms with van der Waals surface area (Å²) in [5.74, 6) is 0.0260. The molecule has 0 saturated heterocycles. The number of rotatable bonds is 2. The van der Waals surface area contributed by atoms with Gasteiger partial charge in [0, 0.05) is 12.6 Å². The predicted molar refractivity (Wildman–Crippen MR) is 75.6 cm³/mol. The zero-order valence-corrected chi connectivity index (χ0v) is 12.3. The summed E-state index contributed by atoms with van der Waals surface area (Å²) >= 11 is 3.40. The average Bonchev–Trinajstić information content (AvgIpc) is 2.57. The average molecular weight is 310 g/mol. The highest BCUT2D eigenvalue weighted by Gasteiger charge is 2.16. The fourth-order valence-electron chi connectivity index (χ4n) is 1.71. The van der Waals surface area contributed by atoms with Gasteiger partial charge in [0.05, 0.1) is 11.9 Å². The van der Waals surface area contributed by atoms with Gasteiger partial charge in [-0.05, 0) is 33.5 Å². The third kappa shape index (κ3) is 3.10. The van der Waals surface area contributed by atoms with Crippen LogP contribution in [0.15, 0.2) is 29.1 Å². The third-order valence-corrected chi connectivity index (χ3v) is 3.02. The highest BCUT2D eigenvalue weighted by atomic mass is 79.9. The van der Waals surface area contributed by atoms with Gasteiger partial charge in [0.2, 0.25) is 5.91 Å². The molecule has 0 spiro atoms. The van der Waals surface area contributed by atoms with Crippen molar-refractivity contribution in [3.63, 3.8) is 0 Å². The van der Waals surface area contributed by atoms with Crippen LogP contribution in [-0.2, 0) is 4.79 Å². The number of hydrogen-bond donors (Lipinski definition) is 1. The van der Waals surface area contributed by atoms with Crippen LogP contribution in [-0.4, -0.2) is 15.3 Å². The smallest absolute Gasteiger partial charge is 0.224 e. The van der Waals surface area contributed by atoms with Crippen molar-refractivity contribution in [2.75, 3.05) is 5.32 Å². The first-order valence-corrected chi connectivity index (χ1v) is 6.57. The van der Waals surface area contributed by atoms with E-state index >= 15 is 0 Å². The van der Waals surface area contributed by atoms with E-state index in [9.17, 15) is 4.79 Å². The Labute approximate surface area is 115 Å². The van der Waals surface area contributed by atoms with Gasteiger partial charge in [-0.2, -0.15) is 0 Å². The second kappa shape index (κ2) is 4.72. The molecule has 96 valence electrons. The van der Waals surface area contributed by atoms with E-state index in [4.69, 9.17) is 0 Å². The molecule has 1 amide bonds. The molecule has 4 nitrogen and oxygen atoms in total. The molecule has 0 aliphatic rings. The molecule has 1 N–H and O–H groups in total. The van der Waals surface area contributed by atoms with Crippen molar-refractivity contribution in [1.82, 2.24) is 9.38 Å². The number of halogens is 1. The van der Waals surface area contributed by atoms with E-state index in [1.807, 2.05) is 43.5 Å². The number of hydrogen-bond acceptors (Lipinski definition) is 2. The van der Waals surface area contributed by atoms with Gasteiger partial charge in [-0.3, -0.25) is 9.20 Å². The highest BCUT2D eigenvalue weighted by molar-refractivity contribution is 9.10. The van der Waals surface area contributed by atoms with Gasteiger partial charge in [0.15, 0.2) is 0 Å². The molecule has 0 bridgehead atoms. The SMILES string of the molecule is CC(C)(C)CC(=O)Nc1ccc2ncc(Br)n2c1. The summed E-state index contributed by atoms with van der Waals surface area (Å²) in [5.41, 5.74) is 1.61. The van der Waals surface area contributed by atoms with Gasteiger partial charge in [-0.15, -0.1) is 0 Å². The lowest BCUT2D eigenvalue weighted by atomic mass is 9.92. The summed E-state index contributed by atoms with van der Waals surface area (Å²) in [7, 11) is 0. The van der Waals surface area contributed by atoms with E-state index in [0.717, 1.165) is 15.9 Å². The lowest BCUT2D eigenvalue weighted by Crippen LogP contribution is -2.19. The number of fused-ring (bicyclic) bond motifs is 1. The number of amides is 1. The number of nitrogens with zero attached hydrogens (tertiary/aromatic N) is 2. The first-order valence-electron chi connectivity index (χ1n) is 5.78. The van der Waals surface area contributed by atoms with Crippen LogP contribution < -0.4 is 5.32 Å². The van der Waals surface area contributed by atoms with Gasteiger partial charge in [-0.1, -0.05) is 20.8 Å². The number of nitrogens with one attached hydrogen (secondary N) is 1. The lowest BCUT2D eigenvalue weighted by molar-refractivity contribution is -0.117. The summed E-state index contributed by atoms with van der Waals surface area (Å²) in [5, 5.41) is 2.90. The summed E-state index contributed by atoms with van der Waals surface area (Å²) in [6.45, 7) is 6.13. The molecule has 0 aliphatic heterocycles. The molecule has 18 heavy (non-hydrogen) atoms. The van der Waals surface area contributed by atoms with Crippen molar-refractivity contribution in [2.45, 2.75) is 27.2 Å². The fourth-order valence-corrected chi connectivity index (χ4v) is 2.10. The molecule has 0 unspecified atom stereocenters. The minimum Gasteiger partial charge on any atom is -0.325 e. The maximum Gasteiger partial charge on any atom is 0.224 e. The summed E-state index contributed by atoms with van der Waals surface area (Å²) < 4.78 is 2.75. The largest absolute Gasteiger partial charge is 0.325 e. The number of anilines is 1. The number of pyridine rings is 1. The van der Waals surface area contributed by atoms with Crippen molar-refractivity contribution in [2.24, 2.45) is 5.41 Å². The van der Waals surface area contributed by atoms with Gasteiger partial charge in [0.1, 0.15) is 10.3 Å². The highest BCUT2D eigenvalue weighted by Crippen LogP contribution is 2.20. The summed E-state index contributed by atoms with van der Waals surface area (Å²) in [6.07, 6.45) is 4.08. The summed E-state index contributed by atoms with van der Waals surface area (Å²) in [6, 6.07) is 3.73. The van der Waals surface area contributed by atoms with E-state index in [0.29, 0.717) is 6.42 Å². The van der Waals surface area contributed by atoms with E-state index in [1.54, 1.807) is 6.20 Å². The Balaban J connectivity index is 2.17. The van der Waals surface area contributed by atoms with Crippen LogP contribution in [0, 0.1) is 5.41 Å². The Morgan fingerprint density at radius 3 is 2.83 bits per heavy atom. The molecule has 2 heterocycles. The predicted octanol–water partition coefficient (Wildman–Crippen LogP) is 3.47. The maximum atomic E-state index is 11.8. The van der Waals surface area contributed by atoms with Crippen LogP contribution in [0.5, 0.6) is 0 Å². The molecule has 0 radical (unpaired) electrons. The number of carbonyl (C=O) groups excluding carboxylic acids is 1. The van der Waals surface area contributed by atoms with Crippen LogP contribution in [0.4, 0.5) is 5.69 Å². The van der Waals surface area contributed by atoms with Gasteiger partial charge in [0.25, 0.3) is 0 Å². The molecule has 2 aromatic heterocycles. The Morgan fingerprint density at radius 1 is 1.44 bits per heavy atom. The second-order valence-electron chi connectivity index (χ2n) is 5.51. The quantitative estimate of drug-likeness (QED) is 0.923. The number of aromatic nitrogens is 2. The first-order chi connectivity index (χ1) is 8.35. The minimum absolute atomic E-state index is 0.0101. The number of carbonyl (C=O) groups is 1. The molecule has 5 heteroatoms. The van der Waals surface area contributed by atoms with Gasteiger partial charge < -0.3 is 5.32 Å². The molecule has 0 aromatic carbocycles. The molecule has 0 aliphatic carbocycles. The lowest BCUT2D eigenvalue weighted by Gasteiger charge is -2.17. The minimum atomic E-state index is -0.0101. The summed E-state index contributed by atoms with van der Waals surface area (Å²) in [4.78, 5) is 16.0. The van der Waals surface area contributed by atoms with Crippen molar-refractivity contribution >= 4 is 33.2 Å². The fraction of sp³-hybridized carbons (Fsp3) is 0.385. The zero-order chi connectivity index (χ0) is 13.3. The molecule has 0 atom stereocenters. The van der Waals surface area contributed by atoms with Crippen LogP contribution in [0.3, 0.4) is 0 Å². The molecule has 0 saturated carbocycles. The molecule has 2 rings (SSSR count). The van der Waals surface area contributed by atoms with E-state index in [1.165, 1.54) is 0 Å². The Kier molecular flexibility index (Phi) is 3.43. The second-order valence-corrected chi connectivity index (χ2v) is 6.32. The number of imidazole rings is 1. The van der Waals surface area contributed by atoms with Crippen LogP contribution in [0.25, 0.3) is 5.65 Å². The third-order valence-electron chi connectivity index (χ3n) is 2.44. The van der Waals surface area contributed by atoms with Crippen LogP contribution in [0.2, 0.25) is 0 Å².